The van der Waals surface area contributed by atoms with Gasteiger partial charge in [0.15, 0.2) is 0 Å². The highest BCUT2D eigenvalue weighted by Gasteiger charge is 2.40. The van der Waals surface area contributed by atoms with E-state index in [9.17, 15) is 10.2 Å². The van der Waals surface area contributed by atoms with E-state index in [1.54, 1.807) is 0 Å². The SMILES string of the molecule is N[C@@H]1C[C@H](O)[C@H](O)[C@H](O)[C@@H]1CO. The lowest BCUT2D eigenvalue weighted by atomic mass is 9.80. The standard InChI is InChI=1S/C7H15NO4/c8-4-1-5(10)7(12)6(11)3(4)2-9/h3-7,9-12H,1-2,8H2/t3-,4-,5+,6-,7+/m1/s1. The van der Waals surface area contributed by atoms with Crippen LogP contribution in [0.5, 0.6) is 0 Å². The van der Waals surface area contributed by atoms with Gasteiger partial charge in [-0.3, -0.25) is 0 Å². The lowest BCUT2D eigenvalue weighted by Gasteiger charge is -2.38. The molecule has 0 aliphatic heterocycles. The van der Waals surface area contributed by atoms with Crippen LogP contribution in [0.25, 0.3) is 0 Å². The molecule has 0 saturated heterocycles. The number of hydrogen-bond donors (Lipinski definition) is 5. The van der Waals surface area contributed by atoms with E-state index in [1.165, 1.54) is 0 Å². The molecular weight excluding hydrogens is 162 g/mol. The third-order valence-electron chi connectivity index (χ3n) is 2.46. The summed E-state index contributed by atoms with van der Waals surface area (Å²) in [7, 11) is 0. The van der Waals surface area contributed by atoms with Crippen LogP contribution in [0.15, 0.2) is 0 Å². The van der Waals surface area contributed by atoms with Crippen molar-refractivity contribution in [1.29, 1.82) is 0 Å². The monoisotopic (exact) mass is 177 g/mol. The molecule has 1 aliphatic carbocycles. The van der Waals surface area contributed by atoms with E-state index < -0.39 is 30.3 Å². The van der Waals surface area contributed by atoms with E-state index in [1.807, 2.05) is 0 Å². The molecule has 0 aromatic rings. The van der Waals surface area contributed by atoms with Gasteiger partial charge >= 0.3 is 0 Å². The zero-order chi connectivity index (χ0) is 9.30. The first-order valence-corrected chi connectivity index (χ1v) is 3.98. The summed E-state index contributed by atoms with van der Waals surface area (Å²) in [6, 6.07) is -0.455. The molecule has 0 aromatic heterocycles. The lowest BCUT2D eigenvalue weighted by Crippen LogP contribution is -2.56. The van der Waals surface area contributed by atoms with Gasteiger partial charge in [0.2, 0.25) is 0 Å². The topological polar surface area (TPSA) is 107 Å². The Morgan fingerprint density at radius 3 is 2.25 bits per heavy atom. The molecule has 5 heteroatoms. The summed E-state index contributed by atoms with van der Waals surface area (Å²) in [5.41, 5.74) is 5.54. The first-order chi connectivity index (χ1) is 5.57. The molecule has 0 unspecified atom stereocenters. The van der Waals surface area contributed by atoms with Crippen molar-refractivity contribution in [1.82, 2.24) is 0 Å². The summed E-state index contributed by atoms with van der Waals surface area (Å²) in [5, 5.41) is 36.5. The molecule has 1 saturated carbocycles. The Bertz CT molecular complexity index is 154. The van der Waals surface area contributed by atoms with Crippen molar-refractivity contribution < 1.29 is 20.4 Å². The minimum atomic E-state index is -1.19. The summed E-state index contributed by atoms with van der Waals surface area (Å²) in [5.74, 6) is -0.539. The largest absolute Gasteiger partial charge is 0.396 e. The molecule has 0 aromatic carbocycles. The Morgan fingerprint density at radius 1 is 1.17 bits per heavy atom. The predicted molar refractivity (Wildman–Crippen MR) is 41.2 cm³/mol. The molecule has 12 heavy (non-hydrogen) atoms. The molecule has 1 fully saturated rings. The summed E-state index contributed by atoms with van der Waals surface area (Å²) in [6.07, 6.45) is -3.10. The third kappa shape index (κ3) is 1.60. The number of hydrogen-bond acceptors (Lipinski definition) is 5. The van der Waals surface area contributed by atoms with Gasteiger partial charge in [-0.05, 0) is 6.42 Å². The first kappa shape index (κ1) is 9.88. The molecule has 5 atom stereocenters. The summed E-state index contributed by atoms with van der Waals surface area (Å²) >= 11 is 0. The van der Waals surface area contributed by atoms with Gasteiger partial charge in [0.25, 0.3) is 0 Å². The van der Waals surface area contributed by atoms with Gasteiger partial charge in [-0.1, -0.05) is 0 Å². The molecule has 1 aliphatic rings. The Hall–Kier alpha value is -0.200. The zero-order valence-corrected chi connectivity index (χ0v) is 6.67. The van der Waals surface area contributed by atoms with Gasteiger partial charge in [0, 0.05) is 18.6 Å². The molecule has 0 spiro atoms. The maximum atomic E-state index is 9.33. The lowest BCUT2D eigenvalue weighted by molar-refractivity contribution is -0.124. The summed E-state index contributed by atoms with van der Waals surface area (Å²) in [6.45, 7) is -0.272. The smallest absolute Gasteiger partial charge is 0.106 e. The van der Waals surface area contributed by atoms with Gasteiger partial charge in [-0.2, -0.15) is 0 Å². The molecule has 5 nitrogen and oxygen atoms in total. The average Bonchev–Trinajstić information content (AvgIpc) is 2.01. The Labute approximate surface area is 70.4 Å². The Balaban J connectivity index is 2.65. The van der Waals surface area contributed by atoms with Crippen LogP contribution >= 0.6 is 0 Å². The van der Waals surface area contributed by atoms with Gasteiger partial charge in [-0.25, -0.2) is 0 Å². The van der Waals surface area contributed by atoms with Crippen LogP contribution in [-0.4, -0.2) is 51.4 Å². The van der Waals surface area contributed by atoms with E-state index >= 15 is 0 Å². The fourth-order valence-corrected chi connectivity index (χ4v) is 1.57. The molecule has 0 heterocycles. The Kier molecular flexibility index (Phi) is 3.03. The molecular formula is C7H15NO4. The van der Waals surface area contributed by atoms with E-state index in [4.69, 9.17) is 15.9 Å². The fraction of sp³-hybridized carbons (Fsp3) is 1.00. The maximum Gasteiger partial charge on any atom is 0.106 e. The second kappa shape index (κ2) is 3.68. The highest BCUT2D eigenvalue weighted by atomic mass is 16.4. The quantitative estimate of drug-likeness (QED) is 0.302. The van der Waals surface area contributed by atoms with Gasteiger partial charge in [-0.15, -0.1) is 0 Å². The molecule has 6 N–H and O–H groups in total. The Morgan fingerprint density at radius 2 is 1.75 bits per heavy atom. The van der Waals surface area contributed by atoms with Crippen LogP contribution in [0, 0.1) is 5.92 Å². The maximum absolute atomic E-state index is 9.33. The van der Waals surface area contributed by atoms with Crippen molar-refractivity contribution in [3.05, 3.63) is 0 Å². The molecule has 0 bridgehead atoms. The number of rotatable bonds is 1. The van der Waals surface area contributed by atoms with Crippen molar-refractivity contribution in [3.63, 3.8) is 0 Å². The van der Waals surface area contributed by atoms with Crippen LogP contribution in [0.3, 0.4) is 0 Å². The summed E-state index contributed by atoms with van der Waals surface area (Å²) in [4.78, 5) is 0. The number of nitrogens with two attached hydrogens (primary N) is 1. The van der Waals surface area contributed by atoms with Crippen molar-refractivity contribution in [2.75, 3.05) is 6.61 Å². The minimum absolute atomic E-state index is 0.212. The van der Waals surface area contributed by atoms with Crippen LogP contribution in [0.2, 0.25) is 0 Å². The molecule has 72 valence electrons. The van der Waals surface area contributed by atoms with E-state index in [2.05, 4.69) is 0 Å². The molecule has 0 amide bonds. The molecule has 0 radical (unpaired) electrons. The van der Waals surface area contributed by atoms with Crippen molar-refractivity contribution in [3.8, 4) is 0 Å². The predicted octanol–water partition coefficient (Wildman–Crippen LogP) is -2.59. The van der Waals surface area contributed by atoms with Gasteiger partial charge in [0.1, 0.15) is 6.10 Å². The fourth-order valence-electron chi connectivity index (χ4n) is 1.57. The van der Waals surface area contributed by atoms with Crippen LogP contribution in [0.4, 0.5) is 0 Å². The van der Waals surface area contributed by atoms with E-state index in [0.717, 1.165) is 0 Å². The van der Waals surface area contributed by atoms with Crippen molar-refractivity contribution in [2.45, 2.75) is 30.8 Å². The highest BCUT2D eigenvalue weighted by molar-refractivity contribution is 4.93. The first-order valence-electron chi connectivity index (χ1n) is 3.98. The summed E-state index contributed by atoms with van der Waals surface area (Å²) < 4.78 is 0. The van der Waals surface area contributed by atoms with E-state index in [-0.39, 0.29) is 13.0 Å². The zero-order valence-electron chi connectivity index (χ0n) is 6.67. The van der Waals surface area contributed by atoms with Crippen molar-refractivity contribution in [2.24, 2.45) is 11.7 Å². The molecule has 1 rings (SSSR count). The average molecular weight is 177 g/mol. The van der Waals surface area contributed by atoms with Crippen molar-refractivity contribution >= 4 is 0 Å². The second-order valence-electron chi connectivity index (χ2n) is 3.29. The third-order valence-corrected chi connectivity index (χ3v) is 2.46. The second-order valence-corrected chi connectivity index (χ2v) is 3.29. The highest BCUT2D eigenvalue weighted by Crippen LogP contribution is 2.23. The normalized spacial score (nSPS) is 49.2. The van der Waals surface area contributed by atoms with Crippen LogP contribution < -0.4 is 5.73 Å². The van der Waals surface area contributed by atoms with Gasteiger partial charge in [0.05, 0.1) is 12.2 Å². The number of aliphatic hydroxyl groups excluding tert-OH is 4. The van der Waals surface area contributed by atoms with Crippen LogP contribution in [0.1, 0.15) is 6.42 Å². The van der Waals surface area contributed by atoms with Crippen LogP contribution in [-0.2, 0) is 0 Å². The number of aliphatic hydroxyl groups is 4. The van der Waals surface area contributed by atoms with E-state index in [0.29, 0.717) is 0 Å². The van der Waals surface area contributed by atoms with Gasteiger partial charge < -0.3 is 26.2 Å². The minimum Gasteiger partial charge on any atom is -0.396 e.